The van der Waals surface area contributed by atoms with Crippen LogP contribution in [0.4, 0.5) is 25.1 Å². The Morgan fingerprint density at radius 3 is 2.53 bits per heavy atom. The first kappa shape index (κ1) is 41.9. The number of benzene rings is 2. The lowest BCUT2D eigenvalue weighted by Crippen LogP contribution is -2.42. The molecule has 0 spiro atoms. The summed E-state index contributed by atoms with van der Waals surface area (Å²) >= 11 is 0. The van der Waals surface area contributed by atoms with Crippen LogP contribution in [-0.2, 0) is 16.1 Å². The second-order valence-corrected chi connectivity index (χ2v) is 15.5. The van der Waals surface area contributed by atoms with Crippen LogP contribution in [0, 0.1) is 5.92 Å². The highest BCUT2D eigenvalue weighted by molar-refractivity contribution is 6.49. The number of hydrogen-bond donors (Lipinski definition) is 4. The van der Waals surface area contributed by atoms with Gasteiger partial charge in [-0.05, 0) is 74.5 Å². The molecule has 4 N–H and O–H groups in total. The number of Topliss-reactive ketones (excluding diaryl/α,β-unsaturated/α-hetero) is 1. The van der Waals surface area contributed by atoms with Gasteiger partial charge in [-0.2, -0.15) is 10.2 Å². The van der Waals surface area contributed by atoms with Crippen LogP contribution < -0.4 is 30.9 Å². The minimum atomic E-state index is -2.89. The predicted molar refractivity (Wildman–Crippen MR) is 220 cm³/mol. The molecular formula is C42H45F2N11O7. The van der Waals surface area contributed by atoms with Crippen molar-refractivity contribution in [2.24, 2.45) is 5.92 Å². The third kappa shape index (κ3) is 9.40. The molecule has 2 fully saturated rings. The van der Waals surface area contributed by atoms with Gasteiger partial charge in [0.1, 0.15) is 22.9 Å². The van der Waals surface area contributed by atoms with Gasteiger partial charge in [-0.25, -0.2) is 23.1 Å². The number of ketones is 1. The molecule has 0 unspecified atom stereocenters. The van der Waals surface area contributed by atoms with Crippen LogP contribution in [0.1, 0.15) is 80.5 Å². The van der Waals surface area contributed by atoms with Crippen molar-refractivity contribution in [2.75, 3.05) is 63.2 Å². The summed E-state index contributed by atoms with van der Waals surface area (Å²) in [7, 11) is 1.99. The average Bonchev–Trinajstić information content (AvgIpc) is 3.90. The Labute approximate surface area is 353 Å². The zero-order chi connectivity index (χ0) is 43.3. The molecule has 1 saturated carbocycles. The van der Waals surface area contributed by atoms with E-state index in [9.17, 15) is 32.8 Å². The summed E-state index contributed by atoms with van der Waals surface area (Å²) < 4.78 is 42.7. The number of nitrogens with one attached hydrogen (secondary N) is 4. The van der Waals surface area contributed by atoms with Crippen molar-refractivity contribution in [2.45, 2.75) is 44.7 Å². The Kier molecular flexibility index (Phi) is 12.5. The number of carbonyl (C=O) groups excluding carboxylic acids is 5. The summed E-state index contributed by atoms with van der Waals surface area (Å²) in [5.41, 5.74) is 0.720. The van der Waals surface area contributed by atoms with Crippen LogP contribution in [0.15, 0.2) is 67.1 Å². The fourth-order valence-electron chi connectivity index (χ4n) is 7.94. The number of halogens is 2. The molecule has 5 amide bonds. The Morgan fingerprint density at radius 1 is 1.00 bits per heavy atom. The Morgan fingerprint density at radius 2 is 1.77 bits per heavy atom. The van der Waals surface area contributed by atoms with Crippen molar-refractivity contribution in [1.29, 1.82) is 0 Å². The maximum atomic E-state index is 14.2. The van der Waals surface area contributed by atoms with Gasteiger partial charge in [-0.1, -0.05) is 18.2 Å². The van der Waals surface area contributed by atoms with E-state index < -0.39 is 35.6 Å². The number of carbonyl (C=O) groups is 5. The molecule has 3 aliphatic rings. The number of hydrogen-bond acceptors (Lipinski definition) is 12. The number of fused-ring (bicyclic) bond motifs is 2. The standard InChI is InChI=1S/C42H45F2N11O7/c1-52(16-14-45-42(60)46-21-25-7-11-28(12-8-25)62-32-4-2-3-29-34(32)40(58)50-41(59)36(29)56)23-26-5-9-27(10-6-26)55-24-31(35(51-55)37(43)44)48-39(57)30-22-47-54-15-13-33(49-38(30)54)53-17-19-61-20-18-53/h2-4,7-8,11-13,15,22,24,26-27,37H,5-6,9-10,14,16-21,23H2,1H3,(H,48,57)(H2,45,46,60)(H,50,58,59)/t26-,27-. The number of amides is 5. The van der Waals surface area contributed by atoms with Gasteiger partial charge in [0.15, 0.2) is 11.3 Å². The Bertz CT molecular complexity index is 2480. The number of nitrogens with zero attached hydrogens (tertiary/aromatic N) is 7. The van der Waals surface area contributed by atoms with Crippen LogP contribution in [0.2, 0.25) is 0 Å². The topological polar surface area (TPSA) is 206 Å². The van der Waals surface area contributed by atoms with Crippen molar-refractivity contribution in [3.8, 4) is 11.5 Å². The number of anilines is 2. The van der Waals surface area contributed by atoms with Crippen molar-refractivity contribution in [3.05, 3.63) is 95.1 Å². The van der Waals surface area contributed by atoms with Crippen molar-refractivity contribution in [1.82, 2.24) is 45.2 Å². The molecule has 0 atom stereocenters. The third-order valence-electron chi connectivity index (χ3n) is 11.2. The summed E-state index contributed by atoms with van der Waals surface area (Å²) in [6, 6.07) is 12.7. The number of alkyl halides is 2. The van der Waals surface area contributed by atoms with E-state index in [-0.39, 0.29) is 46.7 Å². The van der Waals surface area contributed by atoms with Crippen LogP contribution in [-0.4, -0.2) is 112 Å². The number of rotatable bonds is 14. The maximum absolute atomic E-state index is 14.2. The van der Waals surface area contributed by atoms with E-state index in [1.807, 2.05) is 18.4 Å². The highest BCUT2D eigenvalue weighted by Gasteiger charge is 2.33. The third-order valence-corrected chi connectivity index (χ3v) is 11.2. The smallest absolute Gasteiger partial charge is 0.315 e. The molecule has 0 bridgehead atoms. The predicted octanol–water partition coefficient (Wildman–Crippen LogP) is 4.36. The minimum absolute atomic E-state index is 0.00650. The SMILES string of the molecule is CN(CCNC(=O)NCc1ccc(Oc2cccc3c2C(=O)NC(=O)C3=O)cc1)C[C@H]1CC[C@H](n2cc(NC(=O)c3cnn4ccc(N5CCOCC5)nc34)c(C(F)F)n2)CC1. The van der Waals surface area contributed by atoms with Gasteiger partial charge in [0.05, 0.1) is 36.7 Å². The second kappa shape index (κ2) is 18.4. The molecule has 1 aliphatic carbocycles. The summed E-state index contributed by atoms with van der Waals surface area (Å²) in [5, 5.41) is 18.8. The summed E-state index contributed by atoms with van der Waals surface area (Å²) in [6.45, 7) is 4.57. The fourth-order valence-corrected chi connectivity index (χ4v) is 7.94. The molecular weight excluding hydrogens is 809 g/mol. The van der Waals surface area contributed by atoms with Crippen LogP contribution in [0.25, 0.3) is 5.65 Å². The first-order chi connectivity index (χ1) is 30.0. The fraction of sp³-hybridized carbons (Fsp3) is 0.381. The molecule has 2 aromatic carbocycles. The van der Waals surface area contributed by atoms with Gasteiger partial charge in [0.2, 0.25) is 0 Å². The molecule has 2 aliphatic heterocycles. The van der Waals surface area contributed by atoms with E-state index in [2.05, 4.69) is 40.9 Å². The zero-order valence-electron chi connectivity index (χ0n) is 33.8. The van der Waals surface area contributed by atoms with E-state index >= 15 is 0 Å². The summed E-state index contributed by atoms with van der Waals surface area (Å²) in [6.07, 6.45) is 4.89. The Hall–Kier alpha value is -6.80. The first-order valence-electron chi connectivity index (χ1n) is 20.4. The number of likely N-dealkylation sites (N-methyl/N-ethyl adjacent to an activating group) is 1. The number of aromatic nitrogens is 5. The summed E-state index contributed by atoms with van der Waals surface area (Å²) in [4.78, 5) is 71.1. The molecule has 5 aromatic rings. The first-order valence-corrected chi connectivity index (χ1v) is 20.4. The number of morpholine rings is 1. The molecule has 5 heterocycles. The van der Waals surface area contributed by atoms with Gasteiger partial charge in [-0.15, -0.1) is 0 Å². The lowest BCUT2D eigenvalue weighted by Gasteiger charge is -2.31. The normalized spacial score (nSPS) is 17.9. The number of imide groups is 1. The van der Waals surface area contributed by atoms with E-state index in [4.69, 9.17) is 9.47 Å². The van der Waals surface area contributed by atoms with E-state index in [1.165, 1.54) is 35.1 Å². The lowest BCUT2D eigenvalue weighted by molar-refractivity contribution is -0.116. The monoisotopic (exact) mass is 853 g/mol. The molecule has 0 radical (unpaired) electrons. The molecule has 20 heteroatoms. The number of ether oxygens (including phenoxy) is 2. The quantitative estimate of drug-likeness (QED) is 0.0909. The molecule has 8 rings (SSSR count). The molecule has 1 saturated heterocycles. The van der Waals surface area contributed by atoms with Crippen molar-refractivity contribution in [3.63, 3.8) is 0 Å². The van der Waals surface area contributed by atoms with Gasteiger partial charge in [0, 0.05) is 57.2 Å². The molecule has 18 nitrogen and oxygen atoms in total. The zero-order valence-corrected chi connectivity index (χ0v) is 33.8. The number of urea groups is 1. The minimum Gasteiger partial charge on any atom is -0.457 e. The van der Waals surface area contributed by atoms with E-state index in [0.29, 0.717) is 62.5 Å². The maximum Gasteiger partial charge on any atom is 0.315 e. The lowest BCUT2D eigenvalue weighted by atomic mass is 9.86. The van der Waals surface area contributed by atoms with E-state index in [1.54, 1.807) is 35.1 Å². The molecule has 62 heavy (non-hydrogen) atoms. The van der Waals surface area contributed by atoms with Crippen LogP contribution >= 0.6 is 0 Å². The van der Waals surface area contributed by atoms with Gasteiger partial charge in [-0.3, -0.25) is 29.2 Å². The highest BCUT2D eigenvalue weighted by Crippen LogP contribution is 2.35. The van der Waals surface area contributed by atoms with Crippen molar-refractivity contribution < 1.29 is 42.2 Å². The van der Waals surface area contributed by atoms with Gasteiger partial charge < -0.3 is 35.2 Å². The van der Waals surface area contributed by atoms with Gasteiger partial charge in [0.25, 0.3) is 29.9 Å². The highest BCUT2D eigenvalue weighted by atomic mass is 19.3. The van der Waals surface area contributed by atoms with Crippen molar-refractivity contribution >= 4 is 46.7 Å². The van der Waals surface area contributed by atoms with Gasteiger partial charge >= 0.3 is 6.03 Å². The second-order valence-electron chi connectivity index (χ2n) is 15.5. The Balaban J connectivity index is 0.762. The van der Waals surface area contributed by atoms with Crippen LogP contribution in [0.5, 0.6) is 11.5 Å². The largest absolute Gasteiger partial charge is 0.457 e. The summed E-state index contributed by atoms with van der Waals surface area (Å²) in [5.74, 6) is -1.51. The molecule has 3 aromatic heterocycles. The van der Waals surface area contributed by atoms with Crippen LogP contribution in [0.3, 0.4) is 0 Å². The molecule has 324 valence electrons. The average molecular weight is 854 g/mol. The van der Waals surface area contributed by atoms with E-state index in [0.717, 1.165) is 37.8 Å².